The zero-order valence-electron chi connectivity index (χ0n) is 21.8. The average molecular weight is 560 g/mol. The zero-order valence-corrected chi connectivity index (χ0v) is 22.6. The van der Waals surface area contributed by atoms with Crippen LogP contribution in [0, 0.1) is 0 Å². The fourth-order valence-electron chi connectivity index (χ4n) is 3.86. The number of anilines is 3. The van der Waals surface area contributed by atoms with E-state index in [0.717, 1.165) is 17.7 Å². The zero-order chi connectivity index (χ0) is 28.8. The van der Waals surface area contributed by atoms with Crippen molar-refractivity contribution in [1.29, 1.82) is 0 Å². The monoisotopic (exact) mass is 559 g/mol. The van der Waals surface area contributed by atoms with E-state index in [1.165, 1.54) is 37.3 Å². The molecule has 0 unspecified atom stereocenters. The second-order valence-corrected chi connectivity index (χ2v) is 9.34. The molecule has 9 nitrogen and oxygen atoms in total. The molecule has 0 aliphatic carbocycles. The van der Waals surface area contributed by atoms with Crippen LogP contribution < -0.4 is 15.5 Å². The van der Waals surface area contributed by atoms with Crippen LogP contribution in [0.3, 0.4) is 0 Å². The van der Waals surface area contributed by atoms with Gasteiger partial charge in [0, 0.05) is 22.5 Å². The fraction of sp³-hybridized carbons (Fsp3) is 0.167. The van der Waals surface area contributed by atoms with Gasteiger partial charge in [0.15, 0.2) is 5.78 Å². The van der Waals surface area contributed by atoms with Crippen LogP contribution >= 0.6 is 11.6 Å². The van der Waals surface area contributed by atoms with Gasteiger partial charge in [-0.3, -0.25) is 19.2 Å². The van der Waals surface area contributed by atoms with Gasteiger partial charge in [0.1, 0.15) is 10.7 Å². The average Bonchev–Trinajstić information content (AvgIpc) is 3.16. The Labute approximate surface area is 235 Å². The first-order valence-electron chi connectivity index (χ1n) is 12.5. The summed E-state index contributed by atoms with van der Waals surface area (Å²) in [5.74, 6) is -2.40. The number of carbonyl (C=O) groups is 5. The molecule has 0 radical (unpaired) electrons. The summed E-state index contributed by atoms with van der Waals surface area (Å²) >= 11 is 6.24. The smallest absolute Gasteiger partial charge is 0.338 e. The van der Waals surface area contributed by atoms with Crippen molar-refractivity contribution in [2.75, 3.05) is 22.1 Å². The first kappa shape index (κ1) is 28.3. The van der Waals surface area contributed by atoms with E-state index >= 15 is 0 Å². The van der Waals surface area contributed by atoms with Crippen LogP contribution in [-0.4, -0.2) is 36.1 Å². The summed E-state index contributed by atoms with van der Waals surface area (Å²) in [6.07, 6.45) is 1.65. The summed E-state index contributed by atoms with van der Waals surface area (Å²) in [7, 11) is 0. The van der Waals surface area contributed by atoms with Gasteiger partial charge in [-0.2, -0.15) is 0 Å². The topological polar surface area (TPSA) is 122 Å². The van der Waals surface area contributed by atoms with Crippen LogP contribution in [0.4, 0.5) is 17.1 Å². The molecule has 3 aromatic carbocycles. The van der Waals surface area contributed by atoms with Gasteiger partial charge in [-0.15, -0.1) is 0 Å². The summed E-state index contributed by atoms with van der Waals surface area (Å²) < 4.78 is 5.18. The predicted octanol–water partition coefficient (Wildman–Crippen LogP) is 5.53. The largest absolute Gasteiger partial charge is 0.462 e. The molecule has 40 heavy (non-hydrogen) atoms. The molecule has 3 aromatic rings. The Balaban J connectivity index is 1.45. The molecule has 0 bridgehead atoms. The van der Waals surface area contributed by atoms with Crippen molar-refractivity contribution in [1.82, 2.24) is 0 Å². The van der Waals surface area contributed by atoms with Crippen LogP contribution in [0.5, 0.6) is 0 Å². The van der Waals surface area contributed by atoms with Gasteiger partial charge in [0.2, 0.25) is 0 Å². The van der Waals surface area contributed by atoms with Crippen molar-refractivity contribution in [3.8, 4) is 0 Å². The summed E-state index contributed by atoms with van der Waals surface area (Å²) in [6, 6.07) is 18.7. The molecule has 10 heteroatoms. The Bertz CT molecular complexity index is 1510. The van der Waals surface area contributed by atoms with Crippen LogP contribution in [0.1, 0.15) is 57.8 Å². The molecular formula is C30H26ClN3O6. The Kier molecular flexibility index (Phi) is 8.76. The lowest BCUT2D eigenvalue weighted by atomic mass is 10.1. The molecule has 0 fully saturated rings. The highest BCUT2D eigenvalue weighted by Crippen LogP contribution is 2.30. The van der Waals surface area contributed by atoms with E-state index < -0.39 is 23.7 Å². The lowest BCUT2D eigenvalue weighted by Crippen LogP contribution is -2.32. The fourth-order valence-corrected chi connectivity index (χ4v) is 4.07. The maximum absolute atomic E-state index is 13.2. The second kappa shape index (κ2) is 12.4. The van der Waals surface area contributed by atoms with Crippen molar-refractivity contribution < 1.29 is 28.7 Å². The van der Waals surface area contributed by atoms with Gasteiger partial charge in [-0.05, 0) is 80.1 Å². The lowest BCUT2D eigenvalue weighted by molar-refractivity contribution is -0.120. The molecule has 2 N–H and O–H groups in total. The van der Waals surface area contributed by atoms with Gasteiger partial charge in [0.05, 0.1) is 17.9 Å². The number of carbonyl (C=O) groups excluding carboxylic acids is 5. The third kappa shape index (κ3) is 6.27. The van der Waals surface area contributed by atoms with Crippen LogP contribution in [0.15, 0.2) is 83.5 Å². The van der Waals surface area contributed by atoms with Crippen molar-refractivity contribution in [2.24, 2.45) is 0 Å². The molecule has 0 spiro atoms. The van der Waals surface area contributed by atoms with Crippen molar-refractivity contribution in [2.45, 2.75) is 26.7 Å². The number of unbranched alkanes of at least 4 members (excludes halogenated alkanes) is 1. The maximum Gasteiger partial charge on any atom is 0.338 e. The van der Waals surface area contributed by atoms with E-state index in [-0.39, 0.29) is 27.8 Å². The molecule has 1 aliphatic heterocycles. The minimum atomic E-state index is -0.727. The lowest BCUT2D eigenvalue weighted by Gasteiger charge is -2.15. The standard InChI is InChI=1S/C30H26ClN3O6/c1-3-4-16-40-30(39)20-10-14-24(15-11-20)34-28(37)25(31)26(29(34)38)32-23-7-5-6-21(17-23)27(36)33-22-12-8-19(9-13-22)18(2)35/h5-15,17,32H,3-4,16H2,1-2H3,(H,33,36). The van der Waals surface area contributed by atoms with Gasteiger partial charge in [0.25, 0.3) is 17.7 Å². The summed E-state index contributed by atoms with van der Waals surface area (Å²) in [4.78, 5) is 63.3. The van der Waals surface area contributed by atoms with E-state index in [9.17, 15) is 24.0 Å². The Morgan fingerprint density at radius 3 is 2.17 bits per heavy atom. The molecular weight excluding hydrogens is 534 g/mol. The van der Waals surface area contributed by atoms with Gasteiger partial charge in [-0.25, -0.2) is 9.69 Å². The second-order valence-electron chi connectivity index (χ2n) is 8.96. The normalized spacial score (nSPS) is 12.9. The van der Waals surface area contributed by atoms with Crippen LogP contribution in [-0.2, 0) is 14.3 Å². The van der Waals surface area contributed by atoms with Gasteiger partial charge < -0.3 is 15.4 Å². The van der Waals surface area contributed by atoms with Gasteiger partial charge >= 0.3 is 5.97 Å². The highest BCUT2D eigenvalue weighted by atomic mass is 35.5. The highest BCUT2D eigenvalue weighted by Gasteiger charge is 2.39. The third-order valence-corrected chi connectivity index (χ3v) is 6.41. The molecule has 1 aliphatic rings. The predicted molar refractivity (Wildman–Crippen MR) is 151 cm³/mol. The summed E-state index contributed by atoms with van der Waals surface area (Å²) in [5.41, 5.74) is 2.06. The van der Waals surface area contributed by atoms with E-state index in [1.54, 1.807) is 42.5 Å². The molecule has 0 saturated heterocycles. The van der Waals surface area contributed by atoms with Crippen LogP contribution in [0.2, 0.25) is 0 Å². The number of nitrogens with one attached hydrogen (secondary N) is 2. The molecule has 0 atom stereocenters. The number of ether oxygens (including phenoxy) is 1. The van der Waals surface area contributed by atoms with Crippen molar-refractivity contribution >= 4 is 58.1 Å². The number of amides is 3. The quantitative estimate of drug-likeness (QED) is 0.145. The first-order chi connectivity index (χ1) is 19.2. The Hall–Kier alpha value is -4.76. The highest BCUT2D eigenvalue weighted by molar-refractivity contribution is 6.53. The SMILES string of the molecule is CCCCOC(=O)c1ccc(N2C(=O)C(Cl)=C(Nc3cccc(C(=O)Nc4ccc(C(C)=O)cc4)c3)C2=O)cc1. The number of rotatable bonds is 10. The van der Waals surface area contributed by atoms with E-state index in [1.807, 2.05) is 6.92 Å². The third-order valence-electron chi connectivity index (χ3n) is 6.06. The number of nitrogens with zero attached hydrogens (tertiary/aromatic N) is 1. The minimum Gasteiger partial charge on any atom is -0.462 e. The summed E-state index contributed by atoms with van der Waals surface area (Å²) in [6.45, 7) is 3.76. The van der Waals surface area contributed by atoms with Crippen molar-refractivity contribution in [3.63, 3.8) is 0 Å². The molecule has 3 amide bonds. The number of halogens is 1. The van der Waals surface area contributed by atoms with E-state index in [0.29, 0.717) is 29.1 Å². The molecule has 1 heterocycles. The Morgan fingerprint density at radius 1 is 0.850 bits per heavy atom. The number of ketones is 1. The van der Waals surface area contributed by atoms with E-state index in [4.69, 9.17) is 16.3 Å². The number of Topliss-reactive ketones (excluding diaryl/α,β-unsaturated/α-hetero) is 1. The molecule has 4 rings (SSSR count). The minimum absolute atomic E-state index is 0.0809. The molecule has 0 aromatic heterocycles. The maximum atomic E-state index is 13.2. The Morgan fingerprint density at radius 2 is 1.52 bits per heavy atom. The number of hydrogen-bond donors (Lipinski definition) is 2. The number of hydrogen-bond acceptors (Lipinski definition) is 7. The van der Waals surface area contributed by atoms with Gasteiger partial charge in [-0.1, -0.05) is 31.0 Å². The molecule has 0 saturated carbocycles. The van der Waals surface area contributed by atoms with E-state index in [2.05, 4.69) is 10.6 Å². The van der Waals surface area contributed by atoms with Crippen LogP contribution in [0.25, 0.3) is 0 Å². The molecule has 204 valence electrons. The summed E-state index contributed by atoms with van der Waals surface area (Å²) in [5, 5.41) is 5.29. The number of benzene rings is 3. The number of esters is 1. The first-order valence-corrected chi connectivity index (χ1v) is 12.9. The number of imide groups is 1. The van der Waals surface area contributed by atoms with Crippen molar-refractivity contribution in [3.05, 3.63) is 100 Å².